The Bertz CT molecular complexity index is 436. The quantitative estimate of drug-likeness (QED) is 0.718. The van der Waals surface area contributed by atoms with Crippen molar-refractivity contribution >= 4 is 18.3 Å². The zero-order valence-corrected chi connectivity index (χ0v) is 16.5. The summed E-state index contributed by atoms with van der Waals surface area (Å²) in [4.78, 5) is 14.9. The van der Waals surface area contributed by atoms with Crippen LogP contribution in [0.1, 0.15) is 59.3 Å². The molecule has 0 aromatic heterocycles. The van der Waals surface area contributed by atoms with Gasteiger partial charge in [-0.15, -0.1) is 12.4 Å². The standard InChI is InChI=1S/C19H35N3O.ClH/c1-18(2)15-7-8-16(13-15)19(18,3)21-17(23)14-20-9-12-22-10-5-4-6-11-22;/h15-16,20H,4-14H2,1-3H3,(H,21,23);1H. The normalized spacial score (nSPS) is 34.8. The number of rotatable bonds is 6. The Labute approximate surface area is 153 Å². The molecule has 2 N–H and O–H groups in total. The molecule has 0 spiro atoms. The highest BCUT2D eigenvalue weighted by atomic mass is 35.5. The summed E-state index contributed by atoms with van der Waals surface area (Å²) in [6.45, 7) is 11.9. The molecular weight excluding hydrogens is 322 g/mol. The van der Waals surface area contributed by atoms with E-state index in [1.54, 1.807) is 0 Å². The van der Waals surface area contributed by atoms with E-state index in [2.05, 4.69) is 36.3 Å². The number of nitrogens with zero attached hydrogens (tertiary/aromatic N) is 1. The van der Waals surface area contributed by atoms with Crippen molar-refractivity contribution in [1.82, 2.24) is 15.5 Å². The fraction of sp³-hybridized carbons (Fsp3) is 0.947. The predicted molar refractivity (Wildman–Crippen MR) is 102 cm³/mol. The third-order valence-corrected chi connectivity index (χ3v) is 7.35. The highest BCUT2D eigenvalue weighted by Crippen LogP contribution is 2.61. The van der Waals surface area contributed by atoms with Crippen molar-refractivity contribution < 1.29 is 4.79 Å². The van der Waals surface area contributed by atoms with Crippen molar-refractivity contribution in [1.29, 1.82) is 0 Å². The smallest absolute Gasteiger partial charge is 0.234 e. The van der Waals surface area contributed by atoms with Crippen LogP contribution in [0, 0.1) is 17.3 Å². The molecule has 2 aliphatic carbocycles. The van der Waals surface area contributed by atoms with Gasteiger partial charge in [0.25, 0.3) is 0 Å². The molecule has 3 aliphatic rings. The molecule has 140 valence electrons. The van der Waals surface area contributed by atoms with E-state index >= 15 is 0 Å². The molecule has 0 aromatic carbocycles. The molecule has 0 aromatic rings. The average Bonchev–Trinajstić information content (AvgIpc) is 3.08. The minimum absolute atomic E-state index is 0. The van der Waals surface area contributed by atoms with Gasteiger partial charge >= 0.3 is 0 Å². The van der Waals surface area contributed by atoms with Crippen molar-refractivity contribution in [2.75, 3.05) is 32.7 Å². The maximum Gasteiger partial charge on any atom is 0.234 e. The van der Waals surface area contributed by atoms with Gasteiger partial charge in [-0.1, -0.05) is 20.3 Å². The molecule has 4 nitrogen and oxygen atoms in total. The van der Waals surface area contributed by atoms with Gasteiger partial charge in [0, 0.05) is 18.6 Å². The summed E-state index contributed by atoms with van der Waals surface area (Å²) in [7, 11) is 0. The summed E-state index contributed by atoms with van der Waals surface area (Å²) in [6.07, 6.45) is 7.96. The average molecular weight is 358 g/mol. The number of nitrogens with one attached hydrogen (secondary N) is 2. The molecule has 0 radical (unpaired) electrons. The van der Waals surface area contributed by atoms with Gasteiger partial charge in [-0.3, -0.25) is 4.79 Å². The minimum atomic E-state index is -0.0262. The lowest BCUT2D eigenvalue weighted by Gasteiger charge is -2.48. The first-order chi connectivity index (χ1) is 10.9. The Morgan fingerprint density at radius 2 is 1.75 bits per heavy atom. The molecule has 3 unspecified atom stereocenters. The lowest BCUT2D eigenvalue weighted by atomic mass is 9.64. The number of fused-ring (bicyclic) bond motifs is 2. The van der Waals surface area contributed by atoms with Gasteiger partial charge in [-0.05, 0) is 69.4 Å². The van der Waals surface area contributed by atoms with Gasteiger partial charge in [0.1, 0.15) is 0 Å². The number of hydrogen-bond donors (Lipinski definition) is 2. The number of carbonyl (C=O) groups is 1. The molecule has 1 aliphatic heterocycles. The van der Waals surface area contributed by atoms with E-state index in [0.717, 1.165) is 19.0 Å². The van der Waals surface area contributed by atoms with Crippen LogP contribution in [0.3, 0.4) is 0 Å². The summed E-state index contributed by atoms with van der Waals surface area (Å²) in [5, 5.41) is 6.74. The SMILES string of the molecule is CC1(C)C2CCC(C2)C1(C)NC(=O)CNCCN1CCCCC1.Cl. The molecule has 3 rings (SSSR count). The molecule has 3 fully saturated rings. The molecule has 1 saturated heterocycles. The van der Waals surface area contributed by atoms with Crippen LogP contribution in [0.4, 0.5) is 0 Å². The first kappa shape index (κ1) is 20.0. The summed E-state index contributed by atoms with van der Waals surface area (Å²) in [5.74, 6) is 1.62. The minimum Gasteiger partial charge on any atom is -0.349 e. The van der Waals surface area contributed by atoms with Crippen LogP contribution in [0.15, 0.2) is 0 Å². The Morgan fingerprint density at radius 1 is 1.08 bits per heavy atom. The highest BCUT2D eigenvalue weighted by molar-refractivity contribution is 5.85. The van der Waals surface area contributed by atoms with Crippen molar-refractivity contribution in [3.63, 3.8) is 0 Å². The van der Waals surface area contributed by atoms with E-state index in [0.29, 0.717) is 12.5 Å². The second kappa shape index (κ2) is 7.92. The molecule has 2 bridgehead atoms. The first-order valence-electron chi connectivity index (χ1n) is 9.67. The lowest BCUT2D eigenvalue weighted by molar-refractivity contribution is -0.124. The van der Waals surface area contributed by atoms with Crippen molar-refractivity contribution in [3.05, 3.63) is 0 Å². The largest absolute Gasteiger partial charge is 0.349 e. The maximum absolute atomic E-state index is 12.4. The summed E-state index contributed by atoms with van der Waals surface area (Å²) in [6, 6.07) is 0. The summed E-state index contributed by atoms with van der Waals surface area (Å²) < 4.78 is 0. The number of halogens is 1. The van der Waals surface area contributed by atoms with Gasteiger partial charge in [-0.25, -0.2) is 0 Å². The van der Waals surface area contributed by atoms with Gasteiger partial charge in [-0.2, -0.15) is 0 Å². The predicted octanol–water partition coefficient (Wildman–Crippen LogP) is 2.81. The van der Waals surface area contributed by atoms with E-state index < -0.39 is 0 Å². The second-order valence-corrected chi connectivity index (χ2v) is 8.76. The third kappa shape index (κ3) is 3.76. The molecular formula is C19H36ClN3O. The van der Waals surface area contributed by atoms with Crippen LogP contribution in [0.2, 0.25) is 0 Å². The zero-order valence-electron chi connectivity index (χ0n) is 15.7. The van der Waals surface area contributed by atoms with Crippen molar-refractivity contribution in [2.45, 2.75) is 64.8 Å². The van der Waals surface area contributed by atoms with E-state index in [1.807, 2.05) is 0 Å². The van der Waals surface area contributed by atoms with Gasteiger partial charge in [0.05, 0.1) is 6.54 Å². The van der Waals surface area contributed by atoms with Crippen LogP contribution in [0.5, 0.6) is 0 Å². The Hall–Kier alpha value is -0.320. The summed E-state index contributed by atoms with van der Waals surface area (Å²) >= 11 is 0. The fourth-order valence-electron chi connectivity index (χ4n) is 5.33. The number of likely N-dealkylation sites (tertiary alicyclic amines) is 1. The van der Waals surface area contributed by atoms with Crippen LogP contribution in [-0.2, 0) is 4.79 Å². The molecule has 1 heterocycles. The number of hydrogen-bond acceptors (Lipinski definition) is 3. The van der Waals surface area contributed by atoms with Crippen LogP contribution in [0.25, 0.3) is 0 Å². The number of amides is 1. The third-order valence-electron chi connectivity index (χ3n) is 7.35. The zero-order chi connectivity index (χ0) is 16.5. The van der Waals surface area contributed by atoms with E-state index in [-0.39, 0.29) is 29.3 Å². The van der Waals surface area contributed by atoms with Crippen molar-refractivity contribution in [2.24, 2.45) is 17.3 Å². The Balaban J connectivity index is 0.00000208. The molecule has 3 atom stereocenters. The molecule has 1 amide bonds. The Morgan fingerprint density at radius 3 is 2.38 bits per heavy atom. The van der Waals surface area contributed by atoms with Crippen molar-refractivity contribution in [3.8, 4) is 0 Å². The van der Waals surface area contributed by atoms with E-state index in [1.165, 1.54) is 51.6 Å². The van der Waals surface area contributed by atoms with E-state index in [4.69, 9.17) is 0 Å². The molecule has 2 saturated carbocycles. The summed E-state index contributed by atoms with van der Waals surface area (Å²) in [5.41, 5.74) is 0.195. The molecule has 5 heteroatoms. The highest BCUT2D eigenvalue weighted by Gasteiger charge is 2.60. The van der Waals surface area contributed by atoms with Crippen LogP contribution in [-0.4, -0.2) is 49.1 Å². The number of carbonyl (C=O) groups excluding carboxylic acids is 1. The van der Waals surface area contributed by atoms with Gasteiger partial charge in [0.2, 0.25) is 5.91 Å². The monoisotopic (exact) mass is 357 g/mol. The lowest BCUT2D eigenvalue weighted by Crippen LogP contribution is -2.60. The first-order valence-corrected chi connectivity index (χ1v) is 9.67. The second-order valence-electron chi connectivity index (χ2n) is 8.76. The fourth-order valence-corrected chi connectivity index (χ4v) is 5.33. The van der Waals surface area contributed by atoms with E-state index in [9.17, 15) is 4.79 Å². The van der Waals surface area contributed by atoms with Crippen LogP contribution < -0.4 is 10.6 Å². The maximum atomic E-state index is 12.4. The van der Waals surface area contributed by atoms with Gasteiger partial charge in [0.15, 0.2) is 0 Å². The Kier molecular flexibility index (Phi) is 6.60. The molecule has 24 heavy (non-hydrogen) atoms. The van der Waals surface area contributed by atoms with Gasteiger partial charge < -0.3 is 15.5 Å². The topological polar surface area (TPSA) is 44.4 Å². The van der Waals surface area contributed by atoms with Crippen LogP contribution >= 0.6 is 12.4 Å². The number of piperidine rings is 1.